The van der Waals surface area contributed by atoms with E-state index < -0.39 is 0 Å². The second kappa shape index (κ2) is 5.11. The Labute approximate surface area is 121 Å². The van der Waals surface area contributed by atoms with Crippen molar-refractivity contribution in [2.75, 3.05) is 0 Å². The van der Waals surface area contributed by atoms with E-state index in [0.717, 1.165) is 20.4 Å². The number of nitrogens with zero attached hydrogens (tertiary/aromatic N) is 1. The lowest BCUT2D eigenvalue weighted by atomic mass is 10.3. The Bertz CT molecular complexity index is 819. The van der Waals surface area contributed by atoms with E-state index in [1.165, 1.54) is 0 Å². The lowest BCUT2D eigenvalue weighted by Crippen LogP contribution is -2.11. The molecule has 0 amide bonds. The molecule has 19 heavy (non-hydrogen) atoms. The van der Waals surface area contributed by atoms with Crippen LogP contribution in [0.15, 0.2) is 45.0 Å². The summed E-state index contributed by atoms with van der Waals surface area (Å²) in [7, 11) is 0. The van der Waals surface area contributed by atoms with Crippen molar-refractivity contribution < 1.29 is 0 Å². The van der Waals surface area contributed by atoms with Crippen LogP contribution in [0, 0.1) is 0 Å². The van der Waals surface area contributed by atoms with Gasteiger partial charge in [0.05, 0.1) is 11.0 Å². The number of fused-ring (bicyclic) bond motifs is 1. The molecule has 1 N–H and O–H groups in total. The molecular formula is C14H9BrN2OS. The highest BCUT2D eigenvalue weighted by Gasteiger charge is 2.01. The number of aromatic nitrogens is 2. The van der Waals surface area contributed by atoms with Crippen LogP contribution < -0.4 is 5.56 Å². The van der Waals surface area contributed by atoms with Crippen molar-refractivity contribution in [1.82, 2.24) is 9.97 Å². The number of benzene rings is 1. The zero-order chi connectivity index (χ0) is 13.2. The largest absolute Gasteiger partial charge is 0.319 e. The minimum atomic E-state index is -0.175. The molecule has 1 aromatic carbocycles. The van der Waals surface area contributed by atoms with Crippen LogP contribution in [-0.4, -0.2) is 9.97 Å². The van der Waals surface area contributed by atoms with Crippen molar-refractivity contribution in [2.45, 2.75) is 0 Å². The lowest BCUT2D eigenvalue weighted by Gasteiger charge is -1.97. The second-order valence-corrected chi connectivity index (χ2v) is 5.83. The second-order valence-electron chi connectivity index (χ2n) is 3.97. The van der Waals surface area contributed by atoms with Gasteiger partial charge in [0, 0.05) is 14.7 Å². The van der Waals surface area contributed by atoms with Crippen LogP contribution >= 0.6 is 27.3 Å². The van der Waals surface area contributed by atoms with E-state index in [2.05, 4.69) is 25.9 Å². The fraction of sp³-hybridized carbons (Fsp3) is 0. The van der Waals surface area contributed by atoms with Gasteiger partial charge in [-0.05, 0) is 46.3 Å². The Balaban J connectivity index is 2.03. The number of halogens is 1. The summed E-state index contributed by atoms with van der Waals surface area (Å²) in [5.74, 6) is 0. The summed E-state index contributed by atoms with van der Waals surface area (Å²) in [6.07, 6.45) is 3.63. The fourth-order valence-electron chi connectivity index (χ4n) is 1.73. The highest BCUT2D eigenvalue weighted by molar-refractivity contribution is 9.10. The molecule has 0 aliphatic rings. The number of aromatic amines is 1. The van der Waals surface area contributed by atoms with E-state index in [0.29, 0.717) is 5.69 Å². The van der Waals surface area contributed by atoms with Crippen molar-refractivity contribution in [1.29, 1.82) is 0 Å². The van der Waals surface area contributed by atoms with Gasteiger partial charge < -0.3 is 4.98 Å². The molecule has 94 valence electrons. The first-order chi connectivity index (χ1) is 9.22. The van der Waals surface area contributed by atoms with Crippen molar-refractivity contribution in [3.63, 3.8) is 0 Å². The van der Waals surface area contributed by atoms with E-state index in [9.17, 15) is 4.79 Å². The van der Waals surface area contributed by atoms with Gasteiger partial charge in [-0.15, -0.1) is 11.3 Å². The molecule has 0 saturated carbocycles. The molecule has 0 aliphatic carbocycles. The Morgan fingerprint density at radius 3 is 2.89 bits per heavy atom. The first-order valence-corrected chi connectivity index (χ1v) is 7.31. The molecule has 0 fully saturated rings. The smallest absolute Gasteiger partial charge is 0.274 e. The number of para-hydroxylation sites is 2. The first-order valence-electron chi connectivity index (χ1n) is 5.63. The van der Waals surface area contributed by atoms with Crippen molar-refractivity contribution >= 4 is 50.5 Å². The molecular weight excluding hydrogens is 324 g/mol. The third-order valence-corrected chi connectivity index (χ3v) is 4.28. The maximum Gasteiger partial charge on any atom is 0.274 e. The van der Waals surface area contributed by atoms with Gasteiger partial charge in [0.15, 0.2) is 0 Å². The van der Waals surface area contributed by atoms with Crippen LogP contribution in [0.25, 0.3) is 23.2 Å². The van der Waals surface area contributed by atoms with Crippen molar-refractivity contribution in [3.05, 3.63) is 61.1 Å². The topological polar surface area (TPSA) is 45.8 Å². The van der Waals surface area contributed by atoms with Gasteiger partial charge >= 0.3 is 0 Å². The quantitative estimate of drug-likeness (QED) is 0.773. The number of rotatable bonds is 2. The summed E-state index contributed by atoms with van der Waals surface area (Å²) < 4.78 is 1.04. The van der Waals surface area contributed by atoms with Crippen LogP contribution in [0.3, 0.4) is 0 Å². The van der Waals surface area contributed by atoms with E-state index in [4.69, 9.17) is 0 Å². The molecule has 0 saturated heterocycles. The Hall–Kier alpha value is -1.72. The van der Waals surface area contributed by atoms with E-state index in [1.54, 1.807) is 17.4 Å². The SMILES string of the molecule is O=c1[nH]c2ccccc2nc1C=Cc1cc(Br)cs1. The van der Waals surface area contributed by atoms with Crippen LogP contribution in [0.1, 0.15) is 10.6 Å². The molecule has 5 heteroatoms. The molecule has 0 spiro atoms. The molecule has 0 radical (unpaired) electrons. The molecule has 2 aromatic heterocycles. The Kier molecular flexibility index (Phi) is 3.31. The van der Waals surface area contributed by atoms with Gasteiger partial charge in [0.1, 0.15) is 5.69 Å². The molecule has 0 atom stereocenters. The molecule has 0 aliphatic heterocycles. The first kappa shape index (κ1) is 12.3. The van der Waals surface area contributed by atoms with Crippen LogP contribution in [0.4, 0.5) is 0 Å². The number of hydrogen-bond donors (Lipinski definition) is 1. The Morgan fingerprint density at radius 1 is 1.26 bits per heavy atom. The summed E-state index contributed by atoms with van der Waals surface area (Å²) in [5.41, 5.74) is 1.78. The summed E-state index contributed by atoms with van der Waals surface area (Å²) in [6, 6.07) is 9.49. The van der Waals surface area contributed by atoms with Gasteiger partial charge in [-0.2, -0.15) is 0 Å². The van der Waals surface area contributed by atoms with Crippen LogP contribution in [0.5, 0.6) is 0 Å². The van der Waals surface area contributed by atoms with Gasteiger partial charge in [0.25, 0.3) is 5.56 Å². The standard InChI is InChI=1S/C14H9BrN2OS/c15-9-7-10(19-8-9)5-6-13-14(18)17-12-4-2-1-3-11(12)16-13/h1-8H,(H,17,18). The highest BCUT2D eigenvalue weighted by Crippen LogP contribution is 2.21. The average Bonchev–Trinajstić information content (AvgIpc) is 2.82. The maximum absolute atomic E-state index is 11.9. The van der Waals surface area contributed by atoms with Crippen molar-refractivity contribution in [2.24, 2.45) is 0 Å². The molecule has 0 bridgehead atoms. The van der Waals surface area contributed by atoms with Gasteiger partial charge in [0.2, 0.25) is 0 Å². The predicted octanol–water partition coefficient (Wildman–Crippen LogP) is 3.92. The number of nitrogens with one attached hydrogen (secondary N) is 1. The fourth-order valence-corrected chi connectivity index (χ4v) is 3.07. The zero-order valence-corrected chi connectivity index (χ0v) is 12.2. The van der Waals surface area contributed by atoms with Crippen LogP contribution in [-0.2, 0) is 0 Å². The van der Waals surface area contributed by atoms with Gasteiger partial charge in [-0.1, -0.05) is 12.1 Å². The van der Waals surface area contributed by atoms with Crippen molar-refractivity contribution in [3.8, 4) is 0 Å². The third-order valence-electron chi connectivity index (χ3n) is 2.62. The van der Waals surface area contributed by atoms with Gasteiger partial charge in [-0.3, -0.25) is 4.79 Å². The van der Waals surface area contributed by atoms with Crippen LogP contribution in [0.2, 0.25) is 0 Å². The third kappa shape index (κ3) is 2.67. The lowest BCUT2D eigenvalue weighted by molar-refractivity contribution is 1.19. The summed E-state index contributed by atoms with van der Waals surface area (Å²) in [5, 5.41) is 2.00. The summed E-state index contributed by atoms with van der Waals surface area (Å²) >= 11 is 5.00. The number of thiophene rings is 1. The average molecular weight is 333 g/mol. The van der Waals surface area contributed by atoms with E-state index in [-0.39, 0.29) is 5.56 Å². The number of H-pyrrole nitrogens is 1. The molecule has 3 nitrogen and oxygen atoms in total. The highest BCUT2D eigenvalue weighted by atomic mass is 79.9. The number of hydrogen-bond acceptors (Lipinski definition) is 3. The van der Waals surface area contributed by atoms with Gasteiger partial charge in [-0.25, -0.2) is 4.98 Å². The summed E-state index contributed by atoms with van der Waals surface area (Å²) in [6.45, 7) is 0. The summed E-state index contributed by atoms with van der Waals surface area (Å²) in [4.78, 5) is 20.1. The normalized spacial score (nSPS) is 11.4. The molecule has 3 rings (SSSR count). The monoisotopic (exact) mass is 332 g/mol. The van der Waals surface area contributed by atoms with E-state index >= 15 is 0 Å². The molecule has 2 heterocycles. The minimum absolute atomic E-state index is 0.175. The molecule has 0 unspecified atom stereocenters. The molecule has 3 aromatic rings. The predicted molar refractivity (Wildman–Crippen MR) is 83.3 cm³/mol. The van der Waals surface area contributed by atoms with E-state index in [1.807, 2.05) is 41.8 Å². The zero-order valence-electron chi connectivity index (χ0n) is 9.76. The Morgan fingerprint density at radius 2 is 2.11 bits per heavy atom. The minimum Gasteiger partial charge on any atom is -0.319 e. The maximum atomic E-state index is 11.9.